The summed E-state index contributed by atoms with van der Waals surface area (Å²) < 4.78 is 45.7. The predicted molar refractivity (Wildman–Crippen MR) is 114 cm³/mol. The van der Waals surface area contributed by atoms with Crippen LogP contribution in [0.15, 0.2) is 36.5 Å². The van der Waals surface area contributed by atoms with Gasteiger partial charge in [-0.05, 0) is 18.2 Å². The Morgan fingerprint density at radius 1 is 1.06 bits per heavy atom. The fraction of sp³-hybridized carbons (Fsp3) is 0.217. The van der Waals surface area contributed by atoms with E-state index in [0.29, 0.717) is 28.8 Å². The van der Waals surface area contributed by atoms with Crippen LogP contribution in [-0.2, 0) is 4.79 Å². The monoisotopic (exact) mass is 458 g/mol. The third kappa shape index (κ3) is 3.73. The molecule has 0 spiro atoms. The number of hydrogen-bond acceptors (Lipinski definition) is 5. The Morgan fingerprint density at radius 3 is 2.30 bits per heavy atom. The van der Waals surface area contributed by atoms with Crippen LogP contribution in [0, 0.1) is 11.6 Å². The van der Waals surface area contributed by atoms with E-state index in [9.17, 15) is 23.5 Å². The Morgan fingerprint density at radius 2 is 1.73 bits per heavy atom. The Balaban J connectivity index is 2.03. The highest BCUT2D eigenvalue weighted by atomic mass is 19.1. The van der Waals surface area contributed by atoms with Gasteiger partial charge in [-0.2, -0.15) is 0 Å². The van der Waals surface area contributed by atoms with Gasteiger partial charge >= 0.3 is 5.97 Å². The molecule has 2 N–H and O–H groups in total. The number of carbonyl (C=O) groups excluding carboxylic acids is 1. The molecule has 1 aliphatic rings. The number of benzene rings is 2. The number of rotatable bonds is 6. The molecule has 8 nitrogen and oxygen atoms in total. The largest absolute Gasteiger partial charge is 0.493 e. The van der Waals surface area contributed by atoms with Gasteiger partial charge < -0.3 is 29.2 Å². The lowest BCUT2D eigenvalue weighted by atomic mass is 9.87. The molecule has 0 bridgehead atoms. The molecule has 1 aliphatic heterocycles. The number of fused-ring (bicyclic) bond motifs is 1. The van der Waals surface area contributed by atoms with Crippen LogP contribution in [0.2, 0.25) is 0 Å². The van der Waals surface area contributed by atoms with E-state index in [1.165, 1.54) is 32.1 Å². The summed E-state index contributed by atoms with van der Waals surface area (Å²) in [5.41, 5.74) is 0.746. The van der Waals surface area contributed by atoms with Crippen molar-refractivity contribution in [1.82, 2.24) is 4.57 Å². The van der Waals surface area contributed by atoms with E-state index < -0.39 is 29.4 Å². The molecule has 0 aliphatic carbocycles. The highest BCUT2D eigenvalue weighted by Crippen LogP contribution is 2.49. The number of ether oxygens (including phenoxy) is 3. The summed E-state index contributed by atoms with van der Waals surface area (Å²) >= 11 is 0. The Bertz CT molecular complexity index is 1250. The van der Waals surface area contributed by atoms with Crippen LogP contribution in [0.1, 0.15) is 34.0 Å². The van der Waals surface area contributed by atoms with Gasteiger partial charge in [0.25, 0.3) is 0 Å². The second-order valence-electron chi connectivity index (χ2n) is 7.33. The van der Waals surface area contributed by atoms with Crippen molar-refractivity contribution >= 4 is 17.6 Å². The summed E-state index contributed by atoms with van der Waals surface area (Å²) in [6.07, 6.45) is 1.16. The molecule has 10 heteroatoms. The van der Waals surface area contributed by atoms with Gasteiger partial charge in [0.2, 0.25) is 11.7 Å². The van der Waals surface area contributed by atoms with E-state index in [0.717, 1.165) is 12.1 Å². The third-order valence-electron chi connectivity index (χ3n) is 5.49. The van der Waals surface area contributed by atoms with Crippen LogP contribution < -0.4 is 19.5 Å². The molecular weight excluding hydrogens is 438 g/mol. The van der Waals surface area contributed by atoms with Crippen LogP contribution in [0.25, 0.3) is 5.69 Å². The van der Waals surface area contributed by atoms with Crippen LogP contribution >= 0.6 is 0 Å². The van der Waals surface area contributed by atoms with Gasteiger partial charge in [-0.1, -0.05) is 6.07 Å². The highest BCUT2D eigenvalue weighted by molar-refractivity contribution is 6.04. The number of carbonyl (C=O) groups is 2. The van der Waals surface area contributed by atoms with Crippen molar-refractivity contribution in [3.63, 3.8) is 0 Å². The molecule has 2 aromatic carbocycles. The van der Waals surface area contributed by atoms with Gasteiger partial charge in [0.05, 0.1) is 38.4 Å². The third-order valence-corrected chi connectivity index (χ3v) is 5.49. The summed E-state index contributed by atoms with van der Waals surface area (Å²) in [6, 6.07) is 6.18. The van der Waals surface area contributed by atoms with Crippen molar-refractivity contribution in [2.45, 2.75) is 12.3 Å². The number of halogens is 2. The first kappa shape index (κ1) is 22.1. The van der Waals surface area contributed by atoms with E-state index in [1.807, 2.05) is 0 Å². The number of hydrogen-bond donors (Lipinski definition) is 2. The molecule has 1 atom stereocenters. The first-order valence-electron chi connectivity index (χ1n) is 9.82. The minimum atomic E-state index is -1.30. The van der Waals surface area contributed by atoms with Gasteiger partial charge in [-0.25, -0.2) is 13.6 Å². The summed E-state index contributed by atoms with van der Waals surface area (Å²) in [4.78, 5) is 24.5. The van der Waals surface area contributed by atoms with Crippen molar-refractivity contribution in [2.75, 3.05) is 26.6 Å². The van der Waals surface area contributed by atoms with Crippen molar-refractivity contribution in [2.24, 2.45) is 0 Å². The molecule has 0 saturated heterocycles. The standard InChI is InChI=1S/C23H20F2N2O6/c1-31-17-5-4-14(21(32-2)22(17)33-3)15-9-18(28)26-19-16(23(29)30)10-27(20(15)19)13-7-11(24)6-12(25)8-13/h4-8,10,15H,9H2,1-3H3,(H,26,28)(H,29,30)/t15-/m1/s1. The summed E-state index contributed by atoms with van der Waals surface area (Å²) in [7, 11) is 4.32. The highest BCUT2D eigenvalue weighted by Gasteiger charge is 2.37. The molecule has 2 heterocycles. The zero-order chi connectivity index (χ0) is 23.9. The normalized spacial score (nSPS) is 14.9. The van der Waals surface area contributed by atoms with Gasteiger partial charge in [0.15, 0.2) is 11.5 Å². The smallest absolute Gasteiger partial charge is 0.339 e. The van der Waals surface area contributed by atoms with Gasteiger partial charge in [0, 0.05) is 30.2 Å². The second-order valence-corrected chi connectivity index (χ2v) is 7.33. The molecule has 3 aromatic rings. The Hall–Kier alpha value is -4.08. The molecule has 1 aromatic heterocycles. The van der Waals surface area contributed by atoms with Crippen molar-refractivity contribution in [3.8, 4) is 22.9 Å². The first-order chi connectivity index (χ1) is 15.8. The number of aromatic carboxylic acids is 1. The Kier molecular flexibility index (Phi) is 5.67. The summed E-state index contributed by atoms with van der Waals surface area (Å²) in [6.45, 7) is 0. The SMILES string of the molecule is COc1ccc([C@H]2CC(=O)Nc3c(C(=O)O)cn(-c4cc(F)cc(F)c4)c32)c(OC)c1OC. The number of nitrogens with zero attached hydrogens (tertiary/aromatic N) is 1. The fourth-order valence-corrected chi connectivity index (χ4v) is 4.18. The molecule has 1 amide bonds. The number of anilines is 1. The van der Waals surface area contributed by atoms with Gasteiger partial charge in [-0.3, -0.25) is 4.79 Å². The molecule has 33 heavy (non-hydrogen) atoms. The van der Waals surface area contributed by atoms with E-state index in [4.69, 9.17) is 14.2 Å². The lowest BCUT2D eigenvalue weighted by molar-refractivity contribution is -0.116. The average molecular weight is 458 g/mol. The zero-order valence-corrected chi connectivity index (χ0v) is 17.9. The van der Waals surface area contributed by atoms with Crippen molar-refractivity contribution in [1.29, 1.82) is 0 Å². The average Bonchev–Trinajstić information content (AvgIpc) is 3.16. The molecule has 172 valence electrons. The van der Waals surface area contributed by atoms with Crippen LogP contribution in [0.3, 0.4) is 0 Å². The number of aromatic nitrogens is 1. The molecule has 0 unspecified atom stereocenters. The molecule has 0 fully saturated rings. The molecule has 0 radical (unpaired) electrons. The first-order valence-corrected chi connectivity index (χ1v) is 9.82. The maximum Gasteiger partial charge on any atom is 0.339 e. The minimum absolute atomic E-state index is 0.0465. The van der Waals surface area contributed by atoms with E-state index >= 15 is 0 Å². The summed E-state index contributed by atoms with van der Waals surface area (Å²) in [5, 5.41) is 12.3. The lowest BCUT2D eigenvalue weighted by Gasteiger charge is -2.28. The molecule has 4 rings (SSSR count). The van der Waals surface area contributed by atoms with Crippen LogP contribution in [0.5, 0.6) is 17.2 Å². The number of nitrogens with one attached hydrogen (secondary N) is 1. The maximum absolute atomic E-state index is 14.0. The second kappa shape index (κ2) is 8.45. The van der Waals surface area contributed by atoms with Crippen LogP contribution in [0.4, 0.5) is 14.5 Å². The van der Waals surface area contributed by atoms with Crippen molar-refractivity contribution < 1.29 is 37.7 Å². The van der Waals surface area contributed by atoms with Gasteiger partial charge in [0.1, 0.15) is 17.2 Å². The van der Waals surface area contributed by atoms with Crippen LogP contribution in [-0.4, -0.2) is 42.9 Å². The quantitative estimate of drug-likeness (QED) is 0.580. The lowest BCUT2D eigenvalue weighted by Crippen LogP contribution is -2.26. The van der Waals surface area contributed by atoms with E-state index in [2.05, 4.69) is 5.32 Å². The Labute approximate surface area is 187 Å². The fourth-order valence-electron chi connectivity index (χ4n) is 4.18. The minimum Gasteiger partial charge on any atom is -0.493 e. The van der Waals surface area contributed by atoms with E-state index in [-0.39, 0.29) is 29.1 Å². The predicted octanol–water partition coefficient (Wildman–Crippen LogP) is 3.95. The summed E-state index contributed by atoms with van der Waals surface area (Å²) in [5.74, 6) is -3.13. The van der Waals surface area contributed by atoms with Gasteiger partial charge in [-0.15, -0.1) is 0 Å². The number of carboxylic acid groups (broad SMARTS) is 1. The zero-order valence-electron chi connectivity index (χ0n) is 17.9. The molecular formula is C23H20F2N2O6. The topological polar surface area (TPSA) is 99.0 Å². The molecule has 0 saturated carbocycles. The number of amides is 1. The van der Waals surface area contributed by atoms with Crippen molar-refractivity contribution in [3.05, 3.63) is 65.0 Å². The number of carboxylic acids is 1. The van der Waals surface area contributed by atoms with E-state index in [1.54, 1.807) is 12.1 Å². The maximum atomic E-state index is 14.0. The number of methoxy groups -OCH3 is 3.